The SMILES string of the molecule is Cc1ccc(Cn2nc(-c3ccccc3)c(-c3ccccc3)c(C(=O)O)c2=O)cc1. The van der Waals surface area contributed by atoms with Crippen molar-refractivity contribution in [1.29, 1.82) is 0 Å². The van der Waals surface area contributed by atoms with E-state index >= 15 is 0 Å². The van der Waals surface area contributed by atoms with Gasteiger partial charge in [0.05, 0.1) is 12.2 Å². The van der Waals surface area contributed by atoms with Crippen LogP contribution in [0.25, 0.3) is 22.4 Å². The lowest BCUT2D eigenvalue weighted by atomic mass is 9.95. The molecule has 30 heavy (non-hydrogen) atoms. The Kier molecular flexibility index (Phi) is 5.26. The molecule has 4 aromatic rings. The van der Waals surface area contributed by atoms with Crippen molar-refractivity contribution in [3.05, 3.63) is 112 Å². The summed E-state index contributed by atoms with van der Waals surface area (Å²) in [7, 11) is 0. The Labute approximate surface area is 173 Å². The number of aromatic nitrogens is 2. The summed E-state index contributed by atoms with van der Waals surface area (Å²) in [6.07, 6.45) is 0. The minimum absolute atomic E-state index is 0.189. The Morgan fingerprint density at radius 3 is 2.00 bits per heavy atom. The first-order valence-electron chi connectivity index (χ1n) is 9.59. The fraction of sp³-hybridized carbons (Fsp3) is 0.0800. The minimum Gasteiger partial charge on any atom is -0.477 e. The molecule has 0 saturated heterocycles. The third-order valence-electron chi connectivity index (χ3n) is 4.93. The molecule has 0 radical (unpaired) electrons. The lowest BCUT2D eigenvalue weighted by Gasteiger charge is -2.16. The number of carboxylic acid groups (broad SMARTS) is 1. The molecule has 5 nitrogen and oxygen atoms in total. The number of carboxylic acids is 1. The van der Waals surface area contributed by atoms with E-state index in [4.69, 9.17) is 0 Å². The summed E-state index contributed by atoms with van der Waals surface area (Å²) in [5.41, 5.74) is 3.26. The number of rotatable bonds is 5. The molecule has 4 rings (SSSR count). The lowest BCUT2D eigenvalue weighted by Crippen LogP contribution is -2.30. The van der Waals surface area contributed by atoms with Crippen molar-refractivity contribution in [1.82, 2.24) is 9.78 Å². The van der Waals surface area contributed by atoms with Crippen molar-refractivity contribution in [2.45, 2.75) is 13.5 Å². The van der Waals surface area contributed by atoms with Crippen molar-refractivity contribution in [2.24, 2.45) is 0 Å². The molecule has 0 aliphatic rings. The van der Waals surface area contributed by atoms with E-state index < -0.39 is 11.5 Å². The van der Waals surface area contributed by atoms with E-state index in [1.165, 1.54) is 4.68 Å². The number of hydrogen-bond acceptors (Lipinski definition) is 3. The zero-order chi connectivity index (χ0) is 21.1. The Bertz CT molecular complexity index is 1250. The van der Waals surface area contributed by atoms with Crippen LogP contribution in [0.15, 0.2) is 89.7 Å². The predicted octanol–water partition coefficient (Wildman–Crippen LogP) is 4.63. The molecular weight excluding hydrogens is 376 g/mol. The van der Waals surface area contributed by atoms with Crippen LogP contribution in [0.4, 0.5) is 0 Å². The van der Waals surface area contributed by atoms with Gasteiger partial charge in [0.1, 0.15) is 5.56 Å². The maximum atomic E-state index is 13.2. The fourth-order valence-corrected chi connectivity index (χ4v) is 3.43. The van der Waals surface area contributed by atoms with Crippen LogP contribution in [0.3, 0.4) is 0 Å². The molecule has 0 fully saturated rings. The fourth-order valence-electron chi connectivity index (χ4n) is 3.43. The highest BCUT2D eigenvalue weighted by molar-refractivity contribution is 5.99. The van der Waals surface area contributed by atoms with E-state index in [2.05, 4.69) is 5.10 Å². The standard InChI is InChI=1S/C25H20N2O3/c1-17-12-14-18(15-13-17)16-27-24(28)22(25(29)30)21(19-8-4-2-5-9-19)23(26-27)20-10-6-3-7-11-20/h2-15H,16H2,1H3,(H,29,30). The maximum absolute atomic E-state index is 13.2. The first-order chi connectivity index (χ1) is 14.5. The van der Waals surface area contributed by atoms with Gasteiger partial charge >= 0.3 is 5.97 Å². The molecule has 0 spiro atoms. The second-order valence-electron chi connectivity index (χ2n) is 7.08. The first-order valence-corrected chi connectivity index (χ1v) is 9.59. The van der Waals surface area contributed by atoms with Crippen LogP contribution < -0.4 is 5.56 Å². The van der Waals surface area contributed by atoms with Gasteiger partial charge in [-0.3, -0.25) is 4.79 Å². The van der Waals surface area contributed by atoms with Crippen LogP contribution in [0.5, 0.6) is 0 Å². The minimum atomic E-state index is -1.27. The average molecular weight is 396 g/mol. The van der Waals surface area contributed by atoms with E-state index in [0.717, 1.165) is 16.7 Å². The van der Waals surface area contributed by atoms with E-state index in [0.29, 0.717) is 16.8 Å². The van der Waals surface area contributed by atoms with Gasteiger partial charge in [0.2, 0.25) is 0 Å². The third kappa shape index (κ3) is 3.78. The summed E-state index contributed by atoms with van der Waals surface area (Å²) < 4.78 is 1.24. The van der Waals surface area contributed by atoms with Crippen LogP contribution in [-0.4, -0.2) is 20.9 Å². The van der Waals surface area contributed by atoms with E-state index in [9.17, 15) is 14.7 Å². The number of aryl methyl sites for hydroxylation is 1. The van der Waals surface area contributed by atoms with Gasteiger partial charge in [0, 0.05) is 11.1 Å². The molecule has 0 aliphatic carbocycles. The molecule has 0 atom stereocenters. The molecule has 0 bridgehead atoms. The summed E-state index contributed by atoms with van der Waals surface area (Å²) in [6, 6.07) is 26.1. The molecule has 0 amide bonds. The molecule has 0 unspecified atom stereocenters. The van der Waals surface area contributed by atoms with Crippen molar-refractivity contribution in [3.8, 4) is 22.4 Å². The molecule has 1 aromatic heterocycles. The van der Waals surface area contributed by atoms with Crippen molar-refractivity contribution >= 4 is 5.97 Å². The molecule has 3 aromatic carbocycles. The van der Waals surface area contributed by atoms with Gasteiger partial charge in [-0.05, 0) is 18.1 Å². The topological polar surface area (TPSA) is 72.2 Å². The average Bonchev–Trinajstić information content (AvgIpc) is 2.77. The highest BCUT2D eigenvalue weighted by Gasteiger charge is 2.24. The largest absolute Gasteiger partial charge is 0.477 e. The van der Waals surface area contributed by atoms with Gasteiger partial charge in [-0.1, -0.05) is 90.5 Å². The second kappa shape index (κ2) is 8.17. The molecule has 0 aliphatic heterocycles. The number of hydrogen-bond donors (Lipinski definition) is 1. The number of carbonyl (C=O) groups is 1. The Balaban J connectivity index is 2.00. The zero-order valence-corrected chi connectivity index (χ0v) is 16.4. The maximum Gasteiger partial charge on any atom is 0.342 e. The van der Waals surface area contributed by atoms with Gasteiger partial charge in [-0.15, -0.1) is 0 Å². The second-order valence-corrected chi connectivity index (χ2v) is 7.08. The molecule has 1 heterocycles. The Morgan fingerprint density at radius 1 is 0.867 bits per heavy atom. The van der Waals surface area contributed by atoms with Gasteiger partial charge in [-0.2, -0.15) is 5.10 Å². The smallest absolute Gasteiger partial charge is 0.342 e. The highest BCUT2D eigenvalue weighted by atomic mass is 16.4. The molecule has 1 N–H and O–H groups in total. The summed E-state index contributed by atoms with van der Waals surface area (Å²) in [5, 5.41) is 14.6. The van der Waals surface area contributed by atoms with Crippen LogP contribution >= 0.6 is 0 Å². The molecule has 148 valence electrons. The van der Waals surface area contributed by atoms with Crippen LogP contribution in [0, 0.1) is 6.92 Å². The molecular formula is C25H20N2O3. The number of benzene rings is 3. The predicted molar refractivity (Wildman–Crippen MR) is 117 cm³/mol. The Morgan fingerprint density at radius 2 is 1.43 bits per heavy atom. The number of nitrogens with zero attached hydrogens (tertiary/aromatic N) is 2. The van der Waals surface area contributed by atoms with Crippen LogP contribution in [0.2, 0.25) is 0 Å². The van der Waals surface area contributed by atoms with E-state index in [1.54, 1.807) is 12.1 Å². The van der Waals surface area contributed by atoms with E-state index in [-0.39, 0.29) is 12.1 Å². The highest BCUT2D eigenvalue weighted by Crippen LogP contribution is 2.32. The quantitative estimate of drug-likeness (QED) is 0.534. The summed E-state index contributed by atoms with van der Waals surface area (Å²) in [6.45, 7) is 2.17. The van der Waals surface area contributed by atoms with Gasteiger partial charge in [0.25, 0.3) is 5.56 Å². The van der Waals surface area contributed by atoms with E-state index in [1.807, 2.05) is 79.7 Å². The first kappa shape index (κ1) is 19.3. The van der Waals surface area contributed by atoms with Crippen LogP contribution in [0.1, 0.15) is 21.5 Å². The summed E-state index contributed by atoms with van der Waals surface area (Å²) in [4.78, 5) is 25.4. The number of aromatic carboxylic acids is 1. The van der Waals surface area contributed by atoms with Gasteiger partial charge in [-0.25, -0.2) is 9.48 Å². The third-order valence-corrected chi connectivity index (χ3v) is 4.93. The van der Waals surface area contributed by atoms with Crippen LogP contribution in [-0.2, 0) is 6.54 Å². The summed E-state index contributed by atoms with van der Waals surface area (Å²) >= 11 is 0. The normalized spacial score (nSPS) is 10.7. The van der Waals surface area contributed by atoms with Gasteiger partial charge in [0.15, 0.2) is 0 Å². The van der Waals surface area contributed by atoms with Crippen molar-refractivity contribution < 1.29 is 9.90 Å². The Hall–Kier alpha value is -3.99. The summed E-state index contributed by atoms with van der Waals surface area (Å²) in [5.74, 6) is -1.27. The monoisotopic (exact) mass is 396 g/mol. The molecule has 0 saturated carbocycles. The molecule has 5 heteroatoms. The van der Waals surface area contributed by atoms with Gasteiger partial charge < -0.3 is 5.11 Å². The zero-order valence-electron chi connectivity index (χ0n) is 16.4. The lowest BCUT2D eigenvalue weighted by molar-refractivity contribution is 0.0694. The van der Waals surface area contributed by atoms with Crippen molar-refractivity contribution in [2.75, 3.05) is 0 Å². The van der Waals surface area contributed by atoms with Crippen molar-refractivity contribution in [3.63, 3.8) is 0 Å².